The van der Waals surface area contributed by atoms with Gasteiger partial charge in [-0.2, -0.15) is 5.10 Å². The molecule has 1 aromatic heterocycles. The zero-order valence-electron chi connectivity index (χ0n) is 15.7. The molecule has 0 aliphatic heterocycles. The number of sulfonamides is 1. The standard InChI is InChI=1S/C20H20FN3O4S/c1-2-28-17-8-6-15(7-9-17)19-10-11-20(25)24(23-19)13-12-22-29(26,27)18-5-3-4-16(21)14-18/h3-11,14,22H,2,12-13H2,1H3. The predicted octanol–water partition coefficient (Wildman–Crippen LogP) is 2.43. The van der Waals surface area contributed by atoms with Gasteiger partial charge in [0, 0.05) is 18.2 Å². The summed E-state index contributed by atoms with van der Waals surface area (Å²) in [6.45, 7) is 2.42. The molecule has 3 aromatic rings. The summed E-state index contributed by atoms with van der Waals surface area (Å²) in [7, 11) is -3.89. The van der Waals surface area contributed by atoms with Gasteiger partial charge >= 0.3 is 0 Å². The average Bonchev–Trinajstić information content (AvgIpc) is 2.70. The maximum atomic E-state index is 13.3. The number of rotatable bonds is 8. The Morgan fingerprint density at radius 3 is 2.55 bits per heavy atom. The molecule has 0 amide bonds. The fourth-order valence-corrected chi connectivity index (χ4v) is 3.71. The molecule has 0 saturated carbocycles. The molecule has 0 aliphatic carbocycles. The first kappa shape index (κ1) is 20.7. The van der Waals surface area contributed by atoms with Crippen LogP contribution in [0.2, 0.25) is 0 Å². The lowest BCUT2D eigenvalue weighted by Gasteiger charge is -2.10. The van der Waals surface area contributed by atoms with Gasteiger partial charge in [0.2, 0.25) is 10.0 Å². The SMILES string of the molecule is CCOc1ccc(-c2ccc(=O)n(CCNS(=O)(=O)c3cccc(F)c3)n2)cc1. The topological polar surface area (TPSA) is 90.3 Å². The molecule has 152 valence electrons. The summed E-state index contributed by atoms with van der Waals surface area (Å²) in [6, 6.07) is 15.0. The second-order valence-corrected chi connectivity index (χ2v) is 7.86. The number of halogens is 1. The lowest BCUT2D eigenvalue weighted by Crippen LogP contribution is -2.32. The number of aromatic nitrogens is 2. The van der Waals surface area contributed by atoms with Gasteiger partial charge in [0.1, 0.15) is 11.6 Å². The second-order valence-electron chi connectivity index (χ2n) is 6.09. The summed E-state index contributed by atoms with van der Waals surface area (Å²) in [5, 5.41) is 4.29. The molecule has 0 spiro atoms. The minimum atomic E-state index is -3.89. The van der Waals surface area contributed by atoms with Crippen LogP contribution in [0.5, 0.6) is 5.75 Å². The maximum absolute atomic E-state index is 13.3. The van der Waals surface area contributed by atoms with Crippen molar-refractivity contribution in [3.8, 4) is 17.0 Å². The smallest absolute Gasteiger partial charge is 0.266 e. The van der Waals surface area contributed by atoms with Crippen molar-refractivity contribution in [1.82, 2.24) is 14.5 Å². The van der Waals surface area contributed by atoms with E-state index in [4.69, 9.17) is 4.74 Å². The molecule has 0 unspecified atom stereocenters. The van der Waals surface area contributed by atoms with Crippen LogP contribution in [-0.2, 0) is 16.6 Å². The minimum absolute atomic E-state index is 0.0260. The van der Waals surface area contributed by atoms with Crippen molar-refractivity contribution >= 4 is 10.0 Å². The Morgan fingerprint density at radius 1 is 1.10 bits per heavy atom. The maximum Gasteiger partial charge on any atom is 0.266 e. The second kappa shape index (κ2) is 8.97. The Labute approximate surface area is 167 Å². The molecule has 29 heavy (non-hydrogen) atoms. The van der Waals surface area contributed by atoms with Crippen molar-refractivity contribution in [3.05, 3.63) is 76.8 Å². The van der Waals surface area contributed by atoms with E-state index in [1.807, 2.05) is 31.2 Å². The third-order valence-corrected chi connectivity index (χ3v) is 5.51. The number of nitrogens with one attached hydrogen (secondary N) is 1. The van der Waals surface area contributed by atoms with Crippen LogP contribution in [0, 0.1) is 5.82 Å². The van der Waals surface area contributed by atoms with Crippen LogP contribution in [0.25, 0.3) is 11.3 Å². The van der Waals surface area contributed by atoms with E-state index in [1.54, 1.807) is 6.07 Å². The van der Waals surface area contributed by atoms with Crippen LogP contribution >= 0.6 is 0 Å². The highest BCUT2D eigenvalue weighted by atomic mass is 32.2. The van der Waals surface area contributed by atoms with E-state index in [-0.39, 0.29) is 23.5 Å². The minimum Gasteiger partial charge on any atom is -0.494 e. The van der Waals surface area contributed by atoms with Crippen LogP contribution in [0.3, 0.4) is 0 Å². The van der Waals surface area contributed by atoms with Crippen molar-refractivity contribution in [2.24, 2.45) is 0 Å². The molecular weight excluding hydrogens is 397 g/mol. The summed E-state index contributed by atoms with van der Waals surface area (Å²) in [5.41, 5.74) is 1.01. The van der Waals surface area contributed by atoms with Gasteiger partial charge in [-0.25, -0.2) is 22.2 Å². The number of hydrogen-bond donors (Lipinski definition) is 1. The first-order chi connectivity index (χ1) is 13.9. The fraction of sp³-hybridized carbons (Fsp3) is 0.200. The van der Waals surface area contributed by atoms with E-state index >= 15 is 0 Å². The molecule has 1 N–H and O–H groups in total. The number of ether oxygens (including phenoxy) is 1. The summed E-state index contributed by atoms with van der Waals surface area (Å²) in [5.74, 6) is 0.0881. The fourth-order valence-electron chi connectivity index (χ4n) is 2.66. The molecule has 0 bridgehead atoms. The van der Waals surface area contributed by atoms with Gasteiger partial charge < -0.3 is 4.74 Å². The molecule has 0 saturated heterocycles. The Morgan fingerprint density at radius 2 is 1.86 bits per heavy atom. The van der Waals surface area contributed by atoms with E-state index in [0.29, 0.717) is 12.3 Å². The largest absolute Gasteiger partial charge is 0.494 e. The number of hydrogen-bond acceptors (Lipinski definition) is 5. The Hall–Kier alpha value is -3.04. The predicted molar refractivity (Wildman–Crippen MR) is 107 cm³/mol. The van der Waals surface area contributed by atoms with Gasteiger partial charge in [-0.15, -0.1) is 0 Å². The molecule has 2 aromatic carbocycles. The molecule has 9 heteroatoms. The Bertz CT molecular complexity index is 1140. The molecule has 0 atom stereocenters. The zero-order chi connectivity index (χ0) is 20.9. The van der Waals surface area contributed by atoms with Crippen LogP contribution in [0.15, 0.2) is 70.4 Å². The number of benzene rings is 2. The van der Waals surface area contributed by atoms with Gasteiger partial charge in [-0.3, -0.25) is 4.79 Å². The summed E-state index contributed by atoms with van der Waals surface area (Å²) >= 11 is 0. The summed E-state index contributed by atoms with van der Waals surface area (Å²) in [6.07, 6.45) is 0. The highest BCUT2D eigenvalue weighted by molar-refractivity contribution is 7.89. The van der Waals surface area contributed by atoms with E-state index in [1.165, 1.54) is 22.9 Å². The van der Waals surface area contributed by atoms with Crippen molar-refractivity contribution in [3.63, 3.8) is 0 Å². The van der Waals surface area contributed by atoms with E-state index in [0.717, 1.165) is 23.4 Å². The van der Waals surface area contributed by atoms with E-state index in [2.05, 4.69) is 9.82 Å². The quantitative estimate of drug-likeness (QED) is 0.608. The molecule has 0 fully saturated rings. The normalized spacial score (nSPS) is 11.4. The van der Waals surface area contributed by atoms with Gasteiger partial charge in [0.25, 0.3) is 5.56 Å². The Balaban J connectivity index is 1.71. The monoisotopic (exact) mass is 417 g/mol. The van der Waals surface area contributed by atoms with Gasteiger partial charge in [-0.1, -0.05) is 6.07 Å². The molecule has 0 radical (unpaired) electrons. The first-order valence-electron chi connectivity index (χ1n) is 8.96. The third kappa shape index (κ3) is 5.27. The van der Waals surface area contributed by atoms with Crippen molar-refractivity contribution < 1.29 is 17.5 Å². The molecule has 0 aliphatic rings. The zero-order valence-corrected chi connectivity index (χ0v) is 16.5. The van der Waals surface area contributed by atoms with Crippen molar-refractivity contribution in [2.75, 3.05) is 13.2 Å². The highest BCUT2D eigenvalue weighted by Gasteiger charge is 2.14. The third-order valence-electron chi connectivity index (χ3n) is 4.05. The van der Waals surface area contributed by atoms with Crippen molar-refractivity contribution in [1.29, 1.82) is 0 Å². The van der Waals surface area contributed by atoms with Crippen LogP contribution in [0.4, 0.5) is 4.39 Å². The van der Waals surface area contributed by atoms with E-state index < -0.39 is 15.8 Å². The van der Waals surface area contributed by atoms with Crippen molar-refractivity contribution in [2.45, 2.75) is 18.4 Å². The lowest BCUT2D eigenvalue weighted by atomic mass is 10.1. The highest BCUT2D eigenvalue weighted by Crippen LogP contribution is 2.19. The van der Waals surface area contributed by atoms with Gasteiger partial charge in [0.05, 0.1) is 23.7 Å². The average molecular weight is 417 g/mol. The summed E-state index contributed by atoms with van der Waals surface area (Å²) in [4.78, 5) is 11.9. The molecule has 7 nitrogen and oxygen atoms in total. The van der Waals surface area contributed by atoms with Crippen LogP contribution < -0.4 is 15.0 Å². The number of nitrogens with zero attached hydrogens (tertiary/aromatic N) is 2. The summed E-state index contributed by atoms with van der Waals surface area (Å²) < 4.78 is 46.7. The lowest BCUT2D eigenvalue weighted by molar-refractivity contribution is 0.340. The van der Waals surface area contributed by atoms with Gasteiger partial charge in [0.15, 0.2) is 0 Å². The molecule has 1 heterocycles. The molecule has 3 rings (SSSR count). The van der Waals surface area contributed by atoms with Crippen LogP contribution in [-0.4, -0.2) is 31.3 Å². The van der Waals surface area contributed by atoms with E-state index in [9.17, 15) is 17.6 Å². The Kier molecular flexibility index (Phi) is 6.40. The van der Waals surface area contributed by atoms with Crippen LogP contribution in [0.1, 0.15) is 6.92 Å². The van der Waals surface area contributed by atoms with Gasteiger partial charge in [-0.05, 0) is 55.5 Å². The first-order valence-corrected chi connectivity index (χ1v) is 10.4. The molecular formula is C20H20FN3O4S.